The maximum absolute atomic E-state index is 12.0. The summed E-state index contributed by atoms with van der Waals surface area (Å²) in [6.45, 7) is 5.48. The molecule has 1 N–H and O–H groups in total. The Kier molecular flexibility index (Phi) is 7.58. The average Bonchev–Trinajstić information content (AvgIpc) is 2.67. The lowest BCUT2D eigenvalue weighted by atomic mass is 10.2. The highest BCUT2D eigenvalue weighted by molar-refractivity contribution is 6.30. The number of hydrogen-bond donors (Lipinski definition) is 1. The second-order valence-corrected chi connectivity index (χ2v) is 5.87. The van der Waals surface area contributed by atoms with Crippen molar-refractivity contribution in [2.24, 2.45) is 0 Å². The van der Waals surface area contributed by atoms with Crippen molar-refractivity contribution in [2.45, 2.75) is 13.0 Å². The zero-order valence-electron chi connectivity index (χ0n) is 14.7. The van der Waals surface area contributed by atoms with Crippen LogP contribution in [0.15, 0.2) is 61.3 Å². The molecule has 0 fully saturated rings. The SMILES string of the molecule is C=CCOc1ccc(/C=C/C(=O)OC(C)C(=O)Nc2ccc(Cl)cn2)cc1. The first-order valence-electron chi connectivity index (χ1n) is 8.13. The number of esters is 1. The Balaban J connectivity index is 1.84. The number of rotatable bonds is 8. The molecule has 27 heavy (non-hydrogen) atoms. The quantitative estimate of drug-likeness (QED) is 0.423. The van der Waals surface area contributed by atoms with Crippen molar-refractivity contribution in [1.82, 2.24) is 4.98 Å². The first-order chi connectivity index (χ1) is 13.0. The van der Waals surface area contributed by atoms with Gasteiger partial charge in [0.1, 0.15) is 18.2 Å². The van der Waals surface area contributed by atoms with Crippen molar-refractivity contribution in [3.8, 4) is 5.75 Å². The smallest absolute Gasteiger partial charge is 0.331 e. The Morgan fingerprint density at radius 2 is 2.00 bits per heavy atom. The van der Waals surface area contributed by atoms with Gasteiger partial charge < -0.3 is 14.8 Å². The molecule has 0 bridgehead atoms. The summed E-state index contributed by atoms with van der Waals surface area (Å²) in [6, 6.07) is 10.3. The van der Waals surface area contributed by atoms with Crippen LogP contribution in [0.1, 0.15) is 12.5 Å². The number of benzene rings is 1. The van der Waals surface area contributed by atoms with Crippen molar-refractivity contribution in [3.63, 3.8) is 0 Å². The molecule has 2 aromatic rings. The van der Waals surface area contributed by atoms with E-state index in [1.807, 2.05) is 0 Å². The zero-order valence-corrected chi connectivity index (χ0v) is 15.5. The molecule has 7 heteroatoms. The van der Waals surface area contributed by atoms with Crippen molar-refractivity contribution in [1.29, 1.82) is 0 Å². The molecule has 1 aromatic carbocycles. The number of pyridine rings is 1. The van der Waals surface area contributed by atoms with E-state index in [1.54, 1.807) is 48.6 Å². The van der Waals surface area contributed by atoms with Gasteiger partial charge in [-0.1, -0.05) is 36.4 Å². The van der Waals surface area contributed by atoms with Gasteiger partial charge in [0.05, 0.1) is 5.02 Å². The predicted octanol–water partition coefficient (Wildman–Crippen LogP) is 3.88. The van der Waals surface area contributed by atoms with E-state index in [4.69, 9.17) is 21.1 Å². The van der Waals surface area contributed by atoms with Crippen LogP contribution in [0.5, 0.6) is 5.75 Å². The standard InChI is InChI=1S/C20H19ClN2O4/c1-3-12-26-17-8-4-15(5-9-17)6-11-19(24)27-14(2)20(25)23-18-10-7-16(21)13-22-18/h3-11,13-14H,1,12H2,2H3,(H,22,23,25)/b11-6+. The fraction of sp³-hybridized carbons (Fsp3) is 0.150. The van der Waals surface area contributed by atoms with Crippen LogP contribution >= 0.6 is 11.6 Å². The third-order valence-electron chi connectivity index (χ3n) is 3.30. The van der Waals surface area contributed by atoms with Gasteiger partial charge in [0.25, 0.3) is 5.91 Å². The number of nitrogens with zero attached hydrogens (tertiary/aromatic N) is 1. The molecule has 140 valence electrons. The molecule has 1 unspecified atom stereocenters. The molecular weight excluding hydrogens is 368 g/mol. The molecule has 0 aliphatic rings. The van der Waals surface area contributed by atoms with Crippen LogP contribution in [0.3, 0.4) is 0 Å². The molecule has 1 atom stereocenters. The topological polar surface area (TPSA) is 77.5 Å². The first kappa shape index (κ1) is 20.2. The Morgan fingerprint density at radius 1 is 1.26 bits per heavy atom. The molecular formula is C20H19ClN2O4. The molecule has 0 spiro atoms. The number of ether oxygens (including phenoxy) is 2. The van der Waals surface area contributed by atoms with Gasteiger partial charge in [0.15, 0.2) is 6.10 Å². The van der Waals surface area contributed by atoms with Gasteiger partial charge in [-0.2, -0.15) is 0 Å². The van der Waals surface area contributed by atoms with Gasteiger partial charge in [-0.25, -0.2) is 9.78 Å². The van der Waals surface area contributed by atoms with Gasteiger partial charge >= 0.3 is 5.97 Å². The van der Waals surface area contributed by atoms with E-state index in [9.17, 15) is 9.59 Å². The minimum atomic E-state index is -0.977. The fourth-order valence-electron chi connectivity index (χ4n) is 1.94. The van der Waals surface area contributed by atoms with E-state index in [2.05, 4.69) is 16.9 Å². The number of hydrogen-bond acceptors (Lipinski definition) is 5. The maximum Gasteiger partial charge on any atom is 0.331 e. The summed E-state index contributed by atoms with van der Waals surface area (Å²) < 4.78 is 10.5. The minimum absolute atomic E-state index is 0.321. The van der Waals surface area contributed by atoms with E-state index < -0.39 is 18.0 Å². The second-order valence-electron chi connectivity index (χ2n) is 5.43. The summed E-state index contributed by atoms with van der Waals surface area (Å²) in [5, 5.41) is 3.00. The largest absolute Gasteiger partial charge is 0.490 e. The van der Waals surface area contributed by atoms with E-state index in [0.29, 0.717) is 23.2 Å². The molecule has 1 aromatic heterocycles. The summed E-state index contributed by atoms with van der Waals surface area (Å²) in [6.07, 6.45) is 4.93. The molecule has 0 saturated carbocycles. The average molecular weight is 387 g/mol. The van der Waals surface area contributed by atoms with Crippen molar-refractivity contribution in [2.75, 3.05) is 11.9 Å². The highest BCUT2D eigenvalue weighted by Crippen LogP contribution is 2.13. The lowest BCUT2D eigenvalue weighted by Crippen LogP contribution is -2.29. The minimum Gasteiger partial charge on any atom is -0.490 e. The lowest BCUT2D eigenvalue weighted by Gasteiger charge is -2.11. The number of anilines is 1. The number of nitrogens with one attached hydrogen (secondary N) is 1. The molecule has 6 nitrogen and oxygen atoms in total. The van der Waals surface area contributed by atoms with Crippen LogP contribution in [0.4, 0.5) is 5.82 Å². The van der Waals surface area contributed by atoms with Crippen molar-refractivity contribution >= 4 is 35.4 Å². The number of carbonyl (C=O) groups excluding carboxylic acids is 2. The molecule has 0 saturated heterocycles. The fourth-order valence-corrected chi connectivity index (χ4v) is 2.05. The van der Waals surface area contributed by atoms with Crippen LogP contribution in [0, 0.1) is 0 Å². The highest BCUT2D eigenvalue weighted by Gasteiger charge is 2.17. The normalized spacial score (nSPS) is 11.6. The number of amides is 1. The monoisotopic (exact) mass is 386 g/mol. The second kappa shape index (κ2) is 10.1. The van der Waals surface area contributed by atoms with Crippen molar-refractivity contribution < 1.29 is 19.1 Å². The number of carbonyl (C=O) groups is 2. The summed E-state index contributed by atoms with van der Waals surface area (Å²) in [5.74, 6) is -0.0960. The van der Waals surface area contributed by atoms with E-state index in [-0.39, 0.29) is 0 Å². The number of aromatic nitrogens is 1. The summed E-state index contributed by atoms with van der Waals surface area (Å²) in [5.41, 5.74) is 0.792. The first-order valence-corrected chi connectivity index (χ1v) is 8.50. The van der Waals surface area contributed by atoms with E-state index in [0.717, 1.165) is 5.56 Å². The van der Waals surface area contributed by atoms with Crippen molar-refractivity contribution in [3.05, 3.63) is 71.9 Å². The van der Waals surface area contributed by atoms with Crippen LogP contribution < -0.4 is 10.1 Å². The molecule has 0 radical (unpaired) electrons. The molecule has 2 rings (SSSR count). The highest BCUT2D eigenvalue weighted by atomic mass is 35.5. The van der Waals surface area contributed by atoms with Crippen LogP contribution in [-0.4, -0.2) is 29.6 Å². The number of halogens is 1. The summed E-state index contributed by atoms with van der Waals surface area (Å²) in [4.78, 5) is 27.9. The van der Waals surface area contributed by atoms with Gasteiger partial charge in [-0.15, -0.1) is 0 Å². The zero-order chi connectivity index (χ0) is 19.6. The maximum atomic E-state index is 12.0. The summed E-state index contributed by atoms with van der Waals surface area (Å²) in [7, 11) is 0. The predicted molar refractivity (Wildman–Crippen MR) is 105 cm³/mol. The third-order valence-corrected chi connectivity index (χ3v) is 3.52. The Hall–Kier alpha value is -3.12. The Bertz CT molecular complexity index is 817. The lowest BCUT2D eigenvalue weighted by molar-refractivity contribution is -0.148. The molecule has 0 aliphatic carbocycles. The Labute approximate surface area is 162 Å². The third kappa shape index (κ3) is 6.95. The van der Waals surface area contributed by atoms with E-state index >= 15 is 0 Å². The van der Waals surface area contributed by atoms with Crippen LogP contribution in [-0.2, 0) is 14.3 Å². The van der Waals surface area contributed by atoms with Crippen LogP contribution in [0.25, 0.3) is 6.08 Å². The molecule has 1 amide bonds. The van der Waals surface area contributed by atoms with Gasteiger partial charge in [-0.3, -0.25) is 4.79 Å². The van der Waals surface area contributed by atoms with Gasteiger partial charge in [0, 0.05) is 12.3 Å². The van der Waals surface area contributed by atoms with Crippen LogP contribution in [0.2, 0.25) is 5.02 Å². The summed E-state index contributed by atoms with van der Waals surface area (Å²) >= 11 is 5.73. The van der Waals surface area contributed by atoms with Gasteiger partial charge in [0.2, 0.25) is 0 Å². The molecule has 0 aliphatic heterocycles. The van der Waals surface area contributed by atoms with E-state index in [1.165, 1.54) is 19.2 Å². The molecule has 1 heterocycles. The Morgan fingerprint density at radius 3 is 2.63 bits per heavy atom. The van der Waals surface area contributed by atoms with Gasteiger partial charge in [-0.05, 0) is 42.8 Å².